The van der Waals surface area contributed by atoms with Crippen LogP contribution in [0.15, 0.2) is 48.5 Å². The van der Waals surface area contributed by atoms with Crippen molar-refractivity contribution in [1.29, 1.82) is 0 Å². The van der Waals surface area contributed by atoms with Gasteiger partial charge in [-0.3, -0.25) is 0 Å². The van der Waals surface area contributed by atoms with E-state index in [1.165, 1.54) is 0 Å². The summed E-state index contributed by atoms with van der Waals surface area (Å²) in [5, 5.41) is 12.0. The van der Waals surface area contributed by atoms with Gasteiger partial charge in [0.25, 0.3) is 0 Å². The van der Waals surface area contributed by atoms with Crippen LogP contribution in [0, 0.1) is 0 Å². The second-order valence-electron chi connectivity index (χ2n) is 5.45. The Morgan fingerprint density at radius 3 is 2.45 bits per heavy atom. The summed E-state index contributed by atoms with van der Waals surface area (Å²) in [6, 6.07) is 14.8. The van der Waals surface area contributed by atoms with Gasteiger partial charge >= 0.3 is 0 Å². The molecule has 1 atom stereocenters. The minimum absolute atomic E-state index is 0.369. The van der Waals surface area contributed by atoms with Crippen LogP contribution in [0.2, 0.25) is 10.0 Å². The van der Waals surface area contributed by atoms with E-state index >= 15 is 0 Å². The first-order valence-corrected chi connectivity index (χ1v) is 7.87. The topological polar surface area (TPSA) is 49.5 Å². The first kappa shape index (κ1) is 17.1. The van der Waals surface area contributed by atoms with Gasteiger partial charge < -0.3 is 15.7 Å². The monoisotopic (exact) mass is 338 g/mol. The molecule has 0 saturated carbocycles. The third-order valence-electron chi connectivity index (χ3n) is 3.54. The number of hydrogen-bond acceptors (Lipinski definition) is 3. The molecule has 0 fully saturated rings. The molecular formula is C17H20Cl2N2O. The minimum Gasteiger partial charge on any atom is -0.384 e. The average molecular weight is 339 g/mol. The SMILES string of the molecule is CC(O)(CN(CCN)c1cc(Cl)ccc1Cl)c1ccccc1. The van der Waals surface area contributed by atoms with Crippen molar-refractivity contribution in [1.82, 2.24) is 0 Å². The van der Waals surface area contributed by atoms with Crippen LogP contribution in [0.4, 0.5) is 5.69 Å². The zero-order valence-corrected chi connectivity index (χ0v) is 14.0. The lowest BCUT2D eigenvalue weighted by Crippen LogP contribution is -2.41. The second-order valence-corrected chi connectivity index (χ2v) is 6.29. The first-order chi connectivity index (χ1) is 10.4. The molecule has 3 nitrogen and oxygen atoms in total. The first-order valence-electron chi connectivity index (χ1n) is 7.12. The van der Waals surface area contributed by atoms with Crippen molar-refractivity contribution >= 4 is 28.9 Å². The van der Waals surface area contributed by atoms with E-state index in [0.717, 1.165) is 11.3 Å². The quantitative estimate of drug-likeness (QED) is 0.844. The fourth-order valence-electron chi connectivity index (χ4n) is 2.43. The Bertz CT molecular complexity index is 617. The van der Waals surface area contributed by atoms with Crippen LogP contribution in [0.3, 0.4) is 0 Å². The molecule has 0 radical (unpaired) electrons. The van der Waals surface area contributed by atoms with E-state index < -0.39 is 5.60 Å². The lowest BCUT2D eigenvalue weighted by Gasteiger charge is -2.34. The van der Waals surface area contributed by atoms with Crippen molar-refractivity contribution in [2.45, 2.75) is 12.5 Å². The molecular weight excluding hydrogens is 319 g/mol. The third kappa shape index (κ3) is 4.14. The lowest BCUT2D eigenvalue weighted by atomic mass is 9.95. The molecule has 0 aliphatic heterocycles. The lowest BCUT2D eigenvalue weighted by molar-refractivity contribution is 0.0646. The van der Waals surface area contributed by atoms with Gasteiger partial charge in [-0.25, -0.2) is 0 Å². The van der Waals surface area contributed by atoms with Crippen LogP contribution in [-0.4, -0.2) is 24.7 Å². The summed E-state index contributed by atoms with van der Waals surface area (Å²) in [4.78, 5) is 1.96. The predicted molar refractivity (Wildman–Crippen MR) is 93.7 cm³/mol. The van der Waals surface area contributed by atoms with Crippen molar-refractivity contribution in [2.75, 3.05) is 24.5 Å². The highest BCUT2D eigenvalue weighted by atomic mass is 35.5. The number of halogens is 2. The van der Waals surface area contributed by atoms with Gasteiger partial charge in [-0.2, -0.15) is 0 Å². The maximum absolute atomic E-state index is 10.8. The molecule has 3 N–H and O–H groups in total. The highest BCUT2D eigenvalue weighted by Gasteiger charge is 2.27. The largest absolute Gasteiger partial charge is 0.384 e. The van der Waals surface area contributed by atoms with E-state index in [1.54, 1.807) is 25.1 Å². The third-order valence-corrected chi connectivity index (χ3v) is 4.10. The smallest absolute Gasteiger partial charge is 0.104 e. The number of anilines is 1. The molecule has 2 rings (SSSR count). The van der Waals surface area contributed by atoms with Crippen molar-refractivity contribution < 1.29 is 5.11 Å². The molecule has 2 aromatic rings. The Morgan fingerprint density at radius 2 is 1.82 bits per heavy atom. The summed E-state index contributed by atoms with van der Waals surface area (Å²) in [6.07, 6.45) is 0. The van der Waals surface area contributed by atoms with Gasteiger partial charge in [-0.05, 0) is 30.7 Å². The summed E-state index contributed by atoms with van der Waals surface area (Å²) in [7, 11) is 0. The van der Waals surface area contributed by atoms with Gasteiger partial charge in [0, 0.05) is 18.1 Å². The summed E-state index contributed by atoms with van der Waals surface area (Å²) in [5.41, 5.74) is 6.30. The van der Waals surface area contributed by atoms with E-state index in [2.05, 4.69) is 0 Å². The molecule has 22 heavy (non-hydrogen) atoms. The van der Waals surface area contributed by atoms with Gasteiger partial charge in [-0.1, -0.05) is 53.5 Å². The van der Waals surface area contributed by atoms with Crippen molar-refractivity contribution in [3.8, 4) is 0 Å². The van der Waals surface area contributed by atoms with Crippen LogP contribution in [0.25, 0.3) is 0 Å². The maximum Gasteiger partial charge on any atom is 0.104 e. The highest BCUT2D eigenvalue weighted by molar-refractivity contribution is 6.35. The van der Waals surface area contributed by atoms with Gasteiger partial charge in [0.1, 0.15) is 5.60 Å². The predicted octanol–water partition coefficient (Wildman–Crippen LogP) is 3.67. The van der Waals surface area contributed by atoms with E-state index in [9.17, 15) is 5.11 Å². The van der Waals surface area contributed by atoms with Crippen molar-refractivity contribution in [3.63, 3.8) is 0 Å². The van der Waals surface area contributed by atoms with Crippen molar-refractivity contribution in [3.05, 3.63) is 64.1 Å². The van der Waals surface area contributed by atoms with Crippen LogP contribution in [0.5, 0.6) is 0 Å². The normalized spacial score (nSPS) is 13.7. The van der Waals surface area contributed by atoms with Crippen LogP contribution in [0.1, 0.15) is 12.5 Å². The van der Waals surface area contributed by atoms with E-state index in [1.807, 2.05) is 35.2 Å². The molecule has 0 saturated heterocycles. The Kier molecular flexibility index (Phi) is 5.70. The Morgan fingerprint density at radius 1 is 1.14 bits per heavy atom. The van der Waals surface area contributed by atoms with E-state index in [4.69, 9.17) is 28.9 Å². The maximum atomic E-state index is 10.8. The Hall–Kier alpha value is -1.26. The van der Waals surface area contributed by atoms with Gasteiger partial charge in [0.05, 0.1) is 17.3 Å². The number of nitrogens with zero attached hydrogens (tertiary/aromatic N) is 1. The standard InChI is InChI=1S/C17H20Cl2N2O/c1-17(22,13-5-3-2-4-6-13)12-21(10-9-20)16-11-14(18)7-8-15(16)19/h2-8,11,22H,9-10,12,20H2,1H3. The zero-order valence-electron chi connectivity index (χ0n) is 12.5. The Labute approximate surface area is 141 Å². The minimum atomic E-state index is -1.03. The van der Waals surface area contributed by atoms with Crippen molar-refractivity contribution in [2.24, 2.45) is 5.73 Å². The van der Waals surface area contributed by atoms with Crippen LogP contribution in [-0.2, 0) is 5.60 Å². The van der Waals surface area contributed by atoms with E-state index in [-0.39, 0.29) is 0 Å². The molecule has 0 aliphatic carbocycles. The molecule has 0 aromatic heterocycles. The summed E-state index contributed by atoms with van der Waals surface area (Å²) in [6.45, 7) is 3.18. The summed E-state index contributed by atoms with van der Waals surface area (Å²) >= 11 is 12.3. The molecule has 118 valence electrons. The Balaban J connectivity index is 2.31. The zero-order chi connectivity index (χ0) is 16.2. The van der Waals surface area contributed by atoms with Crippen LogP contribution < -0.4 is 10.6 Å². The molecule has 1 unspecified atom stereocenters. The molecule has 5 heteroatoms. The molecule has 0 amide bonds. The number of rotatable bonds is 6. The number of nitrogens with two attached hydrogens (primary N) is 1. The molecule has 0 bridgehead atoms. The summed E-state index contributed by atoms with van der Waals surface area (Å²) < 4.78 is 0. The van der Waals surface area contributed by atoms with E-state index in [0.29, 0.717) is 29.7 Å². The fraction of sp³-hybridized carbons (Fsp3) is 0.294. The summed E-state index contributed by atoms with van der Waals surface area (Å²) in [5.74, 6) is 0. The van der Waals surface area contributed by atoms with Crippen LogP contribution >= 0.6 is 23.2 Å². The number of aliphatic hydroxyl groups is 1. The fourth-order valence-corrected chi connectivity index (χ4v) is 2.83. The average Bonchev–Trinajstić information content (AvgIpc) is 2.50. The van der Waals surface area contributed by atoms with Gasteiger partial charge in [0.15, 0.2) is 0 Å². The highest BCUT2D eigenvalue weighted by Crippen LogP contribution is 2.31. The molecule has 0 aliphatic rings. The van der Waals surface area contributed by atoms with Gasteiger partial charge in [0.2, 0.25) is 0 Å². The molecule has 2 aromatic carbocycles. The second kappa shape index (κ2) is 7.34. The molecule has 0 spiro atoms. The van der Waals surface area contributed by atoms with Gasteiger partial charge in [-0.15, -0.1) is 0 Å². The molecule has 0 heterocycles. The number of benzene rings is 2. The number of hydrogen-bond donors (Lipinski definition) is 2.